The molecule has 1 saturated carbocycles. The van der Waals surface area contributed by atoms with Crippen LogP contribution in [-0.4, -0.2) is 5.78 Å². The molecule has 1 aliphatic carbocycles. The Hall–Kier alpha value is 0.330. The molecule has 1 aliphatic rings. The van der Waals surface area contributed by atoms with Crippen molar-refractivity contribution in [3.63, 3.8) is 0 Å². The van der Waals surface area contributed by atoms with Gasteiger partial charge in [-0.1, -0.05) is 12.8 Å². The molecule has 0 radical (unpaired) electrons. The van der Waals surface area contributed by atoms with Crippen molar-refractivity contribution in [2.45, 2.75) is 25.7 Å². The van der Waals surface area contributed by atoms with Gasteiger partial charge in [0.1, 0.15) is 0 Å². The lowest BCUT2D eigenvalue weighted by molar-refractivity contribution is 0.0922. The molecular weight excluding hydrogens is 328 g/mol. The minimum absolute atomic E-state index is 0.271. The maximum absolute atomic E-state index is 12.0. The Labute approximate surface area is 104 Å². The number of ketones is 1. The van der Waals surface area contributed by atoms with E-state index in [1.165, 1.54) is 12.8 Å². The van der Waals surface area contributed by atoms with Crippen molar-refractivity contribution in [3.05, 3.63) is 19.2 Å². The van der Waals surface area contributed by atoms with Crippen molar-refractivity contribution in [1.82, 2.24) is 0 Å². The molecule has 0 atom stereocenters. The van der Waals surface area contributed by atoms with Crippen LogP contribution in [0.3, 0.4) is 0 Å². The zero-order chi connectivity index (χ0) is 10.1. The van der Waals surface area contributed by atoms with E-state index < -0.39 is 0 Å². The minimum atomic E-state index is 0.271. The lowest BCUT2D eigenvalue weighted by Gasteiger charge is -2.05. The number of halogens is 2. The van der Waals surface area contributed by atoms with Crippen LogP contribution in [-0.2, 0) is 0 Å². The van der Waals surface area contributed by atoms with Crippen molar-refractivity contribution < 1.29 is 4.79 Å². The zero-order valence-corrected chi connectivity index (χ0v) is 11.5. The number of hydrogen-bond acceptors (Lipinski definition) is 2. The van der Waals surface area contributed by atoms with Gasteiger partial charge in [-0.2, -0.15) is 0 Å². The normalized spacial score (nSPS) is 17.6. The summed E-state index contributed by atoms with van der Waals surface area (Å²) in [6, 6.07) is 1.93. The Morgan fingerprint density at radius 1 is 1.36 bits per heavy atom. The van der Waals surface area contributed by atoms with E-state index in [0.717, 1.165) is 26.0 Å². The Bertz CT molecular complexity index is 353. The highest BCUT2D eigenvalue weighted by atomic mass is 79.9. The van der Waals surface area contributed by atoms with Crippen LogP contribution in [0, 0.1) is 5.92 Å². The van der Waals surface area contributed by atoms with Gasteiger partial charge in [-0.05, 0) is 50.8 Å². The number of hydrogen-bond donors (Lipinski definition) is 0. The van der Waals surface area contributed by atoms with Gasteiger partial charge in [0, 0.05) is 11.5 Å². The van der Waals surface area contributed by atoms with Gasteiger partial charge in [0.25, 0.3) is 0 Å². The molecule has 1 heterocycles. The standard InChI is InChI=1S/C10H10Br2OS/c11-8-5-7(10(12)14-8)9(13)6-3-1-2-4-6/h5-6H,1-4H2. The lowest BCUT2D eigenvalue weighted by atomic mass is 9.98. The van der Waals surface area contributed by atoms with Crippen LogP contribution in [0.25, 0.3) is 0 Å². The number of carbonyl (C=O) groups excluding carboxylic acids is 1. The topological polar surface area (TPSA) is 17.1 Å². The molecule has 0 saturated heterocycles. The molecular formula is C10H10Br2OS. The van der Waals surface area contributed by atoms with Crippen LogP contribution in [0.2, 0.25) is 0 Å². The third-order valence-corrected chi connectivity index (χ3v) is 4.99. The average molecular weight is 338 g/mol. The first-order valence-corrected chi connectivity index (χ1v) is 7.08. The fourth-order valence-electron chi connectivity index (χ4n) is 1.92. The predicted molar refractivity (Wildman–Crippen MR) is 66.0 cm³/mol. The summed E-state index contributed by atoms with van der Waals surface area (Å²) >= 11 is 8.40. The molecule has 4 heteroatoms. The van der Waals surface area contributed by atoms with E-state index >= 15 is 0 Å². The second-order valence-electron chi connectivity index (χ2n) is 3.58. The SMILES string of the molecule is O=C(c1cc(Br)sc1Br)C1CCCC1. The van der Waals surface area contributed by atoms with Crippen LogP contribution in [0.1, 0.15) is 36.0 Å². The predicted octanol–water partition coefficient (Wildman–Crippen LogP) is 4.65. The van der Waals surface area contributed by atoms with E-state index in [1.807, 2.05) is 6.07 Å². The van der Waals surface area contributed by atoms with Crippen LogP contribution < -0.4 is 0 Å². The largest absolute Gasteiger partial charge is 0.294 e. The molecule has 0 aromatic carbocycles. The van der Waals surface area contributed by atoms with Crippen LogP contribution in [0.15, 0.2) is 13.6 Å². The highest BCUT2D eigenvalue weighted by Gasteiger charge is 2.26. The zero-order valence-electron chi connectivity index (χ0n) is 7.56. The van der Waals surface area contributed by atoms with Gasteiger partial charge in [0.05, 0.1) is 7.57 Å². The van der Waals surface area contributed by atoms with Gasteiger partial charge in [0.15, 0.2) is 5.78 Å². The first-order chi connectivity index (χ1) is 6.68. The molecule has 0 unspecified atom stereocenters. The minimum Gasteiger partial charge on any atom is -0.294 e. The smallest absolute Gasteiger partial charge is 0.167 e. The molecule has 1 aromatic rings. The third kappa shape index (κ3) is 2.12. The summed E-state index contributed by atoms with van der Waals surface area (Å²) in [5.74, 6) is 0.587. The fourth-order valence-corrected chi connectivity index (χ4v) is 4.73. The molecule has 1 aromatic heterocycles. The molecule has 0 spiro atoms. The quantitative estimate of drug-likeness (QED) is 0.718. The van der Waals surface area contributed by atoms with Crippen molar-refractivity contribution >= 4 is 49.0 Å². The maximum atomic E-state index is 12.0. The van der Waals surface area contributed by atoms with E-state index in [0.29, 0.717) is 5.78 Å². The summed E-state index contributed by atoms with van der Waals surface area (Å²) in [7, 11) is 0. The molecule has 0 aliphatic heterocycles. The molecule has 1 fully saturated rings. The van der Waals surface area contributed by atoms with Gasteiger partial charge in [-0.15, -0.1) is 11.3 Å². The van der Waals surface area contributed by atoms with Crippen molar-refractivity contribution in [3.8, 4) is 0 Å². The van der Waals surface area contributed by atoms with E-state index in [1.54, 1.807) is 11.3 Å². The van der Waals surface area contributed by atoms with Crippen molar-refractivity contribution in [2.75, 3.05) is 0 Å². The second-order valence-corrected chi connectivity index (χ2v) is 7.33. The first kappa shape index (κ1) is 10.8. The summed E-state index contributed by atoms with van der Waals surface area (Å²) < 4.78 is 1.98. The van der Waals surface area contributed by atoms with E-state index in [2.05, 4.69) is 31.9 Å². The molecule has 76 valence electrons. The summed E-state index contributed by atoms with van der Waals surface area (Å²) in [6.07, 6.45) is 4.55. The Morgan fingerprint density at radius 3 is 2.50 bits per heavy atom. The van der Waals surface area contributed by atoms with Crippen LogP contribution >= 0.6 is 43.2 Å². The van der Waals surface area contributed by atoms with Gasteiger partial charge in [0.2, 0.25) is 0 Å². The highest BCUT2D eigenvalue weighted by molar-refractivity contribution is 9.12. The summed E-state index contributed by atoms with van der Waals surface area (Å²) in [5, 5.41) is 0. The van der Waals surface area contributed by atoms with Gasteiger partial charge in [-0.25, -0.2) is 0 Å². The third-order valence-electron chi connectivity index (χ3n) is 2.65. The fraction of sp³-hybridized carbons (Fsp3) is 0.500. The van der Waals surface area contributed by atoms with Crippen LogP contribution in [0.5, 0.6) is 0 Å². The molecule has 0 bridgehead atoms. The van der Waals surface area contributed by atoms with Crippen molar-refractivity contribution in [2.24, 2.45) is 5.92 Å². The molecule has 2 rings (SSSR count). The van der Waals surface area contributed by atoms with Crippen molar-refractivity contribution in [1.29, 1.82) is 0 Å². The first-order valence-electron chi connectivity index (χ1n) is 4.67. The average Bonchev–Trinajstić information content (AvgIpc) is 2.73. The molecule has 14 heavy (non-hydrogen) atoms. The number of carbonyl (C=O) groups is 1. The summed E-state index contributed by atoms with van der Waals surface area (Å²) in [4.78, 5) is 12.0. The Kier molecular flexibility index (Phi) is 3.45. The van der Waals surface area contributed by atoms with E-state index in [4.69, 9.17) is 0 Å². The van der Waals surface area contributed by atoms with E-state index in [-0.39, 0.29) is 5.92 Å². The van der Waals surface area contributed by atoms with Crippen LogP contribution in [0.4, 0.5) is 0 Å². The number of Topliss-reactive ketones (excluding diaryl/α,β-unsaturated/α-hetero) is 1. The van der Waals surface area contributed by atoms with E-state index in [9.17, 15) is 4.79 Å². The Balaban J connectivity index is 2.21. The van der Waals surface area contributed by atoms with Gasteiger partial charge < -0.3 is 0 Å². The number of rotatable bonds is 2. The monoisotopic (exact) mass is 336 g/mol. The highest BCUT2D eigenvalue weighted by Crippen LogP contribution is 2.36. The van der Waals surface area contributed by atoms with Gasteiger partial charge in [-0.3, -0.25) is 4.79 Å². The molecule has 1 nitrogen and oxygen atoms in total. The second kappa shape index (κ2) is 4.45. The molecule has 0 amide bonds. The Morgan fingerprint density at radius 2 is 2.00 bits per heavy atom. The molecule has 0 N–H and O–H groups in total. The lowest BCUT2D eigenvalue weighted by Crippen LogP contribution is -2.10. The maximum Gasteiger partial charge on any atom is 0.167 e. The van der Waals surface area contributed by atoms with Gasteiger partial charge >= 0.3 is 0 Å². The number of thiophene rings is 1. The summed E-state index contributed by atoms with van der Waals surface area (Å²) in [6.45, 7) is 0. The summed E-state index contributed by atoms with van der Waals surface area (Å²) in [5.41, 5.74) is 0.855.